The van der Waals surface area contributed by atoms with E-state index in [4.69, 9.17) is 4.74 Å². The van der Waals surface area contributed by atoms with Crippen LogP contribution in [-0.2, 0) is 18.3 Å². The third-order valence-corrected chi connectivity index (χ3v) is 3.61. The average Bonchev–Trinajstić information content (AvgIpc) is 2.53. The molecule has 16 heavy (non-hydrogen) atoms. The van der Waals surface area contributed by atoms with Gasteiger partial charge in [0.05, 0.1) is 12.1 Å². The van der Waals surface area contributed by atoms with Gasteiger partial charge in [-0.05, 0) is 26.2 Å². The van der Waals surface area contributed by atoms with Crippen LogP contribution in [-0.4, -0.2) is 34.0 Å². The van der Waals surface area contributed by atoms with E-state index in [1.165, 1.54) is 6.42 Å². The van der Waals surface area contributed by atoms with Crippen molar-refractivity contribution >= 4 is 0 Å². The van der Waals surface area contributed by atoms with Gasteiger partial charge in [-0.1, -0.05) is 0 Å². The minimum absolute atomic E-state index is 0.0770. The number of hydrogen-bond acceptors (Lipinski definition) is 4. The van der Waals surface area contributed by atoms with Crippen LogP contribution >= 0.6 is 0 Å². The van der Waals surface area contributed by atoms with Crippen LogP contribution in [0.25, 0.3) is 0 Å². The van der Waals surface area contributed by atoms with E-state index < -0.39 is 0 Å². The fourth-order valence-corrected chi connectivity index (χ4v) is 2.03. The number of aryl methyl sites for hydroxylation is 1. The summed E-state index contributed by atoms with van der Waals surface area (Å²) in [5.41, 5.74) is 0.0770. The predicted molar refractivity (Wildman–Crippen MR) is 61.0 cm³/mol. The lowest BCUT2D eigenvalue weighted by Gasteiger charge is -2.40. The molecule has 90 valence electrons. The lowest BCUT2D eigenvalue weighted by Crippen LogP contribution is -2.47. The molecule has 1 aliphatic carbocycles. The van der Waals surface area contributed by atoms with Gasteiger partial charge in [0, 0.05) is 20.7 Å². The Balaban J connectivity index is 1.82. The molecule has 1 N–H and O–H groups in total. The van der Waals surface area contributed by atoms with Crippen LogP contribution in [0.2, 0.25) is 0 Å². The van der Waals surface area contributed by atoms with Crippen LogP contribution in [0.3, 0.4) is 0 Å². The molecule has 1 aromatic heterocycles. The van der Waals surface area contributed by atoms with Gasteiger partial charge in [-0.2, -0.15) is 0 Å². The molecule has 1 fully saturated rings. The van der Waals surface area contributed by atoms with Crippen molar-refractivity contribution in [2.24, 2.45) is 7.05 Å². The predicted octanol–water partition coefficient (Wildman–Crippen LogP) is 0.782. The molecule has 1 saturated carbocycles. The summed E-state index contributed by atoms with van der Waals surface area (Å²) in [4.78, 5) is 0. The van der Waals surface area contributed by atoms with Crippen molar-refractivity contribution in [1.82, 2.24) is 20.1 Å². The molecule has 0 bridgehead atoms. The van der Waals surface area contributed by atoms with E-state index in [0.717, 1.165) is 37.6 Å². The van der Waals surface area contributed by atoms with Crippen LogP contribution in [0.5, 0.6) is 0 Å². The minimum atomic E-state index is 0.0770. The normalized spacial score (nSPS) is 18.4. The first kappa shape index (κ1) is 11.5. The van der Waals surface area contributed by atoms with Gasteiger partial charge < -0.3 is 14.6 Å². The summed E-state index contributed by atoms with van der Waals surface area (Å²) in [6.45, 7) is 3.61. The van der Waals surface area contributed by atoms with Gasteiger partial charge in [-0.25, -0.2) is 0 Å². The largest absolute Gasteiger partial charge is 0.377 e. The monoisotopic (exact) mass is 224 g/mol. The number of ether oxygens (including phenoxy) is 1. The van der Waals surface area contributed by atoms with Gasteiger partial charge in [0.2, 0.25) is 0 Å². The molecule has 0 atom stereocenters. The maximum Gasteiger partial charge on any atom is 0.146 e. The van der Waals surface area contributed by atoms with E-state index in [0.29, 0.717) is 0 Å². The third kappa shape index (κ3) is 2.10. The standard InChI is InChI=1S/C11H20N4O/c1-9-13-14-10(15(9)2)7-12-8-11(16-3)5-4-6-11/h12H,4-8H2,1-3H3. The number of rotatable bonds is 5. The Labute approximate surface area is 96.2 Å². The summed E-state index contributed by atoms with van der Waals surface area (Å²) in [6, 6.07) is 0. The lowest BCUT2D eigenvalue weighted by atomic mass is 9.80. The SMILES string of the molecule is COC1(CNCc2nnc(C)n2C)CCC1. The summed E-state index contributed by atoms with van der Waals surface area (Å²) in [7, 11) is 3.79. The second-order valence-corrected chi connectivity index (χ2v) is 4.57. The molecule has 0 amide bonds. The molecule has 1 heterocycles. The van der Waals surface area contributed by atoms with E-state index in [1.807, 2.05) is 18.5 Å². The van der Waals surface area contributed by atoms with Gasteiger partial charge in [-0.15, -0.1) is 10.2 Å². The van der Waals surface area contributed by atoms with Crippen molar-refractivity contribution in [3.05, 3.63) is 11.6 Å². The van der Waals surface area contributed by atoms with Crippen LogP contribution in [0.4, 0.5) is 0 Å². The zero-order valence-corrected chi connectivity index (χ0v) is 10.3. The van der Waals surface area contributed by atoms with Crippen LogP contribution in [0, 0.1) is 6.92 Å². The van der Waals surface area contributed by atoms with E-state index >= 15 is 0 Å². The zero-order chi connectivity index (χ0) is 11.6. The number of methoxy groups -OCH3 is 1. The average molecular weight is 224 g/mol. The first-order chi connectivity index (χ1) is 7.67. The summed E-state index contributed by atoms with van der Waals surface area (Å²) in [5, 5.41) is 11.5. The Morgan fingerprint density at radius 1 is 1.44 bits per heavy atom. The molecule has 0 unspecified atom stereocenters. The lowest BCUT2D eigenvalue weighted by molar-refractivity contribution is -0.0696. The van der Waals surface area contributed by atoms with Crippen molar-refractivity contribution in [3.8, 4) is 0 Å². The Hall–Kier alpha value is -0.940. The van der Waals surface area contributed by atoms with Gasteiger partial charge in [0.1, 0.15) is 11.6 Å². The maximum atomic E-state index is 5.54. The van der Waals surface area contributed by atoms with Gasteiger partial charge >= 0.3 is 0 Å². The van der Waals surface area contributed by atoms with Crippen LogP contribution < -0.4 is 5.32 Å². The molecule has 5 heteroatoms. The Morgan fingerprint density at radius 2 is 2.19 bits per heavy atom. The van der Waals surface area contributed by atoms with Crippen molar-refractivity contribution in [3.63, 3.8) is 0 Å². The highest BCUT2D eigenvalue weighted by atomic mass is 16.5. The fraction of sp³-hybridized carbons (Fsp3) is 0.818. The molecule has 0 saturated heterocycles. The second kappa shape index (κ2) is 4.51. The highest BCUT2D eigenvalue weighted by Crippen LogP contribution is 2.34. The van der Waals surface area contributed by atoms with E-state index in [2.05, 4.69) is 15.5 Å². The molecule has 1 aromatic rings. The summed E-state index contributed by atoms with van der Waals surface area (Å²) in [6.07, 6.45) is 3.60. The summed E-state index contributed by atoms with van der Waals surface area (Å²) < 4.78 is 7.55. The van der Waals surface area contributed by atoms with Gasteiger partial charge in [-0.3, -0.25) is 0 Å². The molecule has 0 radical (unpaired) electrons. The van der Waals surface area contributed by atoms with Crippen LogP contribution in [0.15, 0.2) is 0 Å². The van der Waals surface area contributed by atoms with Gasteiger partial charge in [0.15, 0.2) is 0 Å². The minimum Gasteiger partial charge on any atom is -0.377 e. The number of hydrogen-bond donors (Lipinski definition) is 1. The first-order valence-electron chi connectivity index (χ1n) is 5.78. The highest BCUT2D eigenvalue weighted by Gasteiger charge is 2.36. The topological polar surface area (TPSA) is 52.0 Å². The van der Waals surface area contributed by atoms with E-state index in [1.54, 1.807) is 7.11 Å². The second-order valence-electron chi connectivity index (χ2n) is 4.57. The van der Waals surface area contributed by atoms with Crippen LogP contribution in [0.1, 0.15) is 30.9 Å². The Bertz CT molecular complexity index is 351. The highest BCUT2D eigenvalue weighted by molar-refractivity contribution is 4.95. The molecule has 0 aromatic carbocycles. The number of nitrogens with one attached hydrogen (secondary N) is 1. The first-order valence-corrected chi connectivity index (χ1v) is 5.78. The van der Waals surface area contributed by atoms with Crippen molar-refractivity contribution in [2.45, 2.75) is 38.3 Å². The smallest absolute Gasteiger partial charge is 0.146 e. The fourth-order valence-electron chi connectivity index (χ4n) is 2.03. The summed E-state index contributed by atoms with van der Waals surface area (Å²) in [5.74, 6) is 1.92. The molecule has 2 rings (SSSR count). The van der Waals surface area contributed by atoms with Crippen molar-refractivity contribution in [2.75, 3.05) is 13.7 Å². The van der Waals surface area contributed by atoms with E-state index in [-0.39, 0.29) is 5.60 Å². The van der Waals surface area contributed by atoms with E-state index in [9.17, 15) is 0 Å². The number of nitrogens with zero attached hydrogens (tertiary/aromatic N) is 3. The van der Waals surface area contributed by atoms with Crippen molar-refractivity contribution in [1.29, 1.82) is 0 Å². The third-order valence-electron chi connectivity index (χ3n) is 3.61. The maximum absolute atomic E-state index is 5.54. The molecule has 1 aliphatic rings. The quantitative estimate of drug-likeness (QED) is 0.803. The zero-order valence-electron chi connectivity index (χ0n) is 10.3. The summed E-state index contributed by atoms with van der Waals surface area (Å²) >= 11 is 0. The molecular formula is C11H20N4O. The molecule has 0 spiro atoms. The Kier molecular flexibility index (Phi) is 3.25. The molecule has 5 nitrogen and oxygen atoms in total. The number of aromatic nitrogens is 3. The Morgan fingerprint density at radius 3 is 2.62 bits per heavy atom. The van der Waals surface area contributed by atoms with Gasteiger partial charge in [0.25, 0.3) is 0 Å². The molecular weight excluding hydrogens is 204 g/mol. The van der Waals surface area contributed by atoms with Crippen molar-refractivity contribution < 1.29 is 4.74 Å². The molecule has 0 aliphatic heterocycles.